The predicted octanol–water partition coefficient (Wildman–Crippen LogP) is 4.42. The van der Waals surface area contributed by atoms with Crippen molar-refractivity contribution in [3.63, 3.8) is 0 Å². The van der Waals surface area contributed by atoms with Crippen LogP contribution >= 0.6 is 12.2 Å². The molecular weight excluding hydrogens is 368 g/mol. The van der Waals surface area contributed by atoms with Gasteiger partial charge in [-0.1, -0.05) is 42.5 Å². The molecule has 146 valence electrons. The van der Waals surface area contributed by atoms with Crippen LogP contribution in [0, 0.1) is 0 Å². The van der Waals surface area contributed by atoms with E-state index in [4.69, 9.17) is 17.0 Å². The van der Waals surface area contributed by atoms with E-state index in [1.165, 1.54) is 5.56 Å². The fraction of sp³-hybridized carbons (Fsp3) is 0.304. The molecule has 1 aliphatic rings. The first-order valence-corrected chi connectivity index (χ1v) is 9.91. The normalized spacial score (nSPS) is 16.8. The van der Waals surface area contributed by atoms with Gasteiger partial charge in [-0.05, 0) is 62.2 Å². The number of carbonyl (C=O) groups excluding carboxylic acids is 1. The number of thiocarbonyl (C=S) groups is 1. The van der Waals surface area contributed by atoms with Gasteiger partial charge in [0.2, 0.25) is 0 Å². The Balaban J connectivity index is 1.63. The molecule has 1 atom stereocenters. The highest BCUT2D eigenvalue weighted by molar-refractivity contribution is 7.80. The second-order valence-electron chi connectivity index (χ2n) is 7.00. The zero-order valence-corrected chi connectivity index (χ0v) is 17.4. The first-order chi connectivity index (χ1) is 13.5. The number of ether oxygens (including phenoxy) is 1. The molecule has 0 saturated carbocycles. The molecule has 2 aromatic rings. The maximum atomic E-state index is 12.2. The van der Waals surface area contributed by atoms with Gasteiger partial charge in [-0.25, -0.2) is 0 Å². The number of aryl methyl sites for hydroxylation is 1. The summed E-state index contributed by atoms with van der Waals surface area (Å²) in [5.74, 6) is 0.878. The van der Waals surface area contributed by atoms with Crippen LogP contribution < -0.4 is 10.1 Å². The first-order valence-electron chi connectivity index (χ1n) is 9.50. The fourth-order valence-corrected chi connectivity index (χ4v) is 3.66. The maximum Gasteiger partial charge on any atom is 0.173 e. The van der Waals surface area contributed by atoms with Crippen molar-refractivity contribution < 1.29 is 9.53 Å². The van der Waals surface area contributed by atoms with E-state index in [0.29, 0.717) is 11.7 Å². The summed E-state index contributed by atoms with van der Waals surface area (Å²) in [7, 11) is 1.87. The number of rotatable bonds is 7. The number of carbonyl (C=O) groups is 1. The minimum atomic E-state index is -0.228. The molecule has 1 unspecified atom stereocenters. The summed E-state index contributed by atoms with van der Waals surface area (Å²) < 4.78 is 5.87. The average Bonchev–Trinajstić information content (AvgIpc) is 2.70. The number of hydrogen-bond acceptors (Lipinski definition) is 3. The Kier molecular flexibility index (Phi) is 6.47. The van der Waals surface area contributed by atoms with Crippen molar-refractivity contribution >= 4 is 23.1 Å². The third-order valence-electron chi connectivity index (χ3n) is 5.07. The quantitative estimate of drug-likeness (QED) is 0.556. The lowest BCUT2D eigenvalue weighted by Gasteiger charge is -2.35. The Morgan fingerprint density at radius 1 is 1.14 bits per heavy atom. The van der Waals surface area contributed by atoms with Crippen molar-refractivity contribution in [3.8, 4) is 5.75 Å². The second-order valence-corrected chi connectivity index (χ2v) is 7.39. The lowest BCUT2D eigenvalue weighted by molar-refractivity contribution is -0.114. The number of ketones is 1. The summed E-state index contributed by atoms with van der Waals surface area (Å²) >= 11 is 5.40. The summed E-state index contributed by atoms with van der Waals surface area (Å²) in [6, 6.07) is 18.1. The lowest BCUT2D eigenvalue weighted by Crippen LogP contribution is -2.45. The van der Waals surface area contributed by atoms with E-state index in [9.17, 15) is 4.79 Å². The van der Waals surface area contributed by atoms with Crippen LogP contribution in [0.2, 0.25) is 0 Å². The van der Waals surface area contributed by atoms with E-state index >= 15 is 0 Å². The summed E-state index contributed by atoms with van der Waals surface area (Å²) in [4.78, 5) is 14.1. The molecule has 28 heavy (non-hydrogen) atoms. The third-order valence-corrected chi connectivity index (χ3v) is 5.46. The lowest BCUT2D eigenvalue weighted by atomic mass is 9.92. The van der Waals surface area contributed by atoms with Crippen LogP contribution in [-0.2, 0) is 11.2 Å². The molecule has 0 aromatic heterocycles. The minimum absolute atomic E-state index is 0.0468. The van der Waals surface area contributed by atoms with E-state index in [-0.39, 0.29) is 11.8 Å². The Morgan fingerprint density at radius 3 is 2.46 bits per heavy atom. The van der Waals surface area contributed by atoms with E-state index < -0.39 is 0 Å². The van der Waals surface area contributed by atoms with Crippen molar-refractivity contribution in [1.29, 1.82) is 0 Å². The molecule has 1 heterocycles. The molecule has 0 bridgehead atoms. The first kappa shape index (κ1) is 20.1. The molecule has 0 fully saturated rings. The van der Waals surface area contributed by atoms with Gasteiger partial charge >= 0.3 is 0 Å². The molecule has 0 aliphatic carbocycles. The number of allylic oxidation sites excluding steroid dienone is 1. The Morgan fingerprint density at radius 2 is 1.82 bits per heavy atom. The van der Waals surface area contributed by atoms with Crippen LogP contribution in [0.15, 0.2) is 65.9 Å². The van der Waals surface area contributed by atoms with Crippen LogP contribution in [0.4, 0.5) is 0 Å². The Hall–Kier alpha value is -2.66. The van der Waals surface area contributed by atoms with Gasteiger partial charge in [-0.3, -0.25) is 4.79 Å². The standard InChI is InChI=1S/C23H26N2O2S/c1-16-21(17(2)26)22(24-23(28)25(16)3)19-11-13-20(14-12-19)27-15-7-10-18-8-5-4-6-9-18/h4-6,8-9,11-14,22H,7,10,15H2,1-3H3,(H,24,28). The highest BCUT2D eigenvalue weighted by Crippen LogP contribution is 2.31. The van der Waals surface area contributed by atoms with Crippen LogP contribution in [0.3, 0.4) is 0 Å². The molecule has 0 amide bonds. The predicted molar refractivity (Wildman–Crippen MR) is 116 cm³/mol. The van der Waals surface area contributed by atoms with Gasteiger partial charge in [0.15, 0.2) is 10.9 Å². The monoisotopic (exact) mass is 394 g/mol. The van der Waals surface area contributed by atoms with Gasteiger partial charge in [0, 0.05) is 18.3 Å². The summed E-state index contributed by atoms with van der Waals surface area (Å²) in [5, 5.41) is 3.89. The van der Waals surface area contributed by atoms with E-state index in [1.54, 1.807) is 6.92 Å². The number of hydrogen-bond donors (Lipinski definition) is 1. The summed E-state index contributed by atoms with van der Waals surface area (Å²) in [5.41, 5.74) is 3.96. The molecule has 4 nitrogen and oxygen atoms in total. The van der Waals surface area contributed by atoms with Crippen molar-refractivity contribution in [2.45, 2.75) is 32.7 Å². The molecule has 1 N–H and O–H groups in total. The zero-order valence-electron chi connectivity index (χ0n) is 16.6. The largest absolute Gasteiger partial charge is 0.494 e. The summed E-state index contributed by atoms with van der Waals surface area (Å²) in [6.45, 7) is 4.20. The highest BCUT2D eigenvalue weighted by atomic mass is 32.1. The van der Waals surface area contributed by atoms with Crippen LogP contribution in [0.25, 0.3) is 0 Å². The van der Waals surface area contributed by atoms with Crippen molar-refractivity contribution in [3.05, 3.63) is 77.0 Å². The Labute approximate surface area is 172 Å². The van der Waals surface area contributed by atoms with Crippen molar-refractivity contribution in [1.82, 2.24) is 10.2 Å². The fourth-order valence-electron chi connectivity index (χ4n) is 3.41. The smallest absolute Gasteiger partial charge is 0.173 e. The third kappa shape index (κ3) is 4.60. The van der Waals surface area contributed by atoms with Crippen molar-refractivity contribution in [2.24, 2.45) is 0 Å². The van der Waals surface area contributed by atoms with Crippen LogP contribution in [0.5, 0.6) is 5.75 Å². The SMILES string of the molecule is CC(=O)C1=C(C)N(C)C(=S)NC1c1ccc(OCCCc2ccccc2)cc1. The maximum absolute atomic E-state index is 12.2. The number of nitrogens with zero attached hydrogens (tertiary/aromatic N) is 1. The highest BCUT2D eigenvalue weighted by Gasteiger charge is 2.30. The number of Topliss-reactive ketones (excluding diaryl/α,β-unsaturated/α-hetero) is 1. The van der Waals surface area contributed by atoms with Gasteiger partial charge in [-0.15, -0.1) is 0 Å². The van der Waals surface area contributed by atoms with Gasteiger partial charge < -0.3 is 15.0 Å². The number of benzene rings is 2. The molecule has 2 aromatic carbocycles. The minimum Gasteiger partial charge on any atom is -0.494 e. The number of nitrogens with one attached hydrogen (secondary N) is 1. The Bertz CT molecular complexity index is 875. The van der Waals surface area contributed by atoms with E-state index in [0.717, 1.165) is 35.4 Å². The van der Waals surface area contributed by atoms with Crippen molar-refractivity contribution in [2.75, 3.05) is 13.7 Å². The molecule has 1 aliphatic heterocycles. The molecule has 0 saturated heterocycles. The van der Waals surface area contributed by atoms with Crippen LogP contribution in [-0.4, -0.2) is 29.5 Å². The van der Waals surface area contributed by atoms with E-state index in [1.807, 2.05) is 49.2 Å². The topological polar surface area (TPSA) is 41.6 Å². The molecule has 3 rings (SSSR count). The van der Waals surface area contributed by atoms with Gasteiger partial charge in [0.25, 0.3) is 0 Å². The van der Waals surface area contributed by atoms with Gasteiger partial charge in [0.1, 0.15) is 5.75 Å². The summed E-state index contributed by atoms with van der Waals surface area (Å²) in [6.07, 6.45) is 1.97. The molecule has 0 spiro atoms. The molecule has 0 radical (unpaired) electrons. The molecule has 5 heteroatoms. The van der Waals surface area contributed by atoms with Gasteiger partial charge in [0.05, 0.1) is 12.6 Å². The second kappa shape index (κ2) is 9.02. The van der Waals surface area contributed by atoms with Crippen LogP contribution in [0.1, 0.15) is 37.4 Å². The van der Waals surface area contributed by atoms with Gasteiger partial charge in [-0.2, -0.15) is 0 Å². The zero-order chi connectivity index (χ0) is 20.1. The van der Waals surface area contributed by atoms with E-state index in [2.05, 4.69) is 29.6 Å². The molecular formula is C23H26N2O2S. The average molecular weight is 395 g/mol.